The Morgan fingerprint density at radius 1 is 1.47 bits per heavy atom. The molecule has 1 aliphatic rings. The molecule has 0 bridgehead atoms. The minimum atomic E-state index is -0.535. The van der Waals surface area contributed by atoms with Crippen molar-refractivity contribution in [1.29, 1.82) is 0 Å². The number of rotatable bonds is 6. The summed E-state index contributed by atoms with van der Waals surface area (Å²) in [6.45, 7) is 4.80. The summed E-state index contributed by atoms with van der Waals surface area (Å²) in [4.78, 5) is 11.3. The van der Waals surface area contributed by atoms with Crippen molar-refractivity contribution in [3.05, 3.63) is 0 Å². The number of hydrogen-bond donors (Lipinski definition) is 1. The van der Waals surface area contributed by atoms with Crippen molar-refractivity contribution in [3.63, 3.8) is 0 Å². The first-order chi connectivity index (χ1) is 7.02. The van der Waals surface area contributed by atoms with Crippen LogP contribution in [0.1, 0.15) is 39.5 Å². The van der Waals surface area contributed by atoms with Gasteiger partial charge >= 0.3 is 0 Å². The van der Waals surface area contributed by atoms with E-state index in [9.17, 15) is 4.79 Å². The SMILES string of the molecule is C[C@H](O)CC(=O)CCCC1(C)OCCO1. The van der Waals surface area contributed by atoms with E-state index in [4.69, 9.17) is 14.6 Å². The summed E-state index contributed by atoms with van der Waals surface area (Å²) in [6.07, 6.45) is 1.69. The van der Waals surface area contributed by atoms with Crippen LogP contribution < -0.4 is 0 Å². The molecular weight excluding hydrogens is 196 g/mol. The standard InChI is InChI=1S/C11H20O4/c1-9(12)8-10(13)4-3-5-11(2)14-6-7-15-11/h9,12H,3-8H2,1-2H3/t9-/m0/s1. The zero-order chi connectivity index (χ0) is 11.3. The highest BCUT2D eigenvalue weighted by Crippen LogP contribution is 2.24. The quantitative estimate of drug-likeness (QED) is 0.726. The number of ether oxygens (including phenoxy) is 2. The van der Waals surface area contributed by atoms with E-state index in [0.717, 1.165) is 12.8 Å². The second kappa shape index (κ2) is 5.58. The third kappa shape index (κ3) is 4.73. The molecule has 1 N–H and O–H groups in total. The molecule has 0 radical (unpaired) electrons. The summed E-state index contributed by atoms with van der Waals surface area (Å²) >= 11 is 0. The largest absolute Gasteiger partial charge is 0.393 e. The fourth-order valence-electron chi connectivity index (χ4n) is 1.74. The molecule has 0 aromatic heterocycles. The van der Waals surface area contributed by atoms with Crippen molar-refractivity contribution in [3.8, 4) is 0 Å². The van der Waals surface area contributed by atoms with E-state index < -0.39 is 11.9 Å². The molecule has 0 saturated carbocycles. The second-order valence-electron chi connectivity index (χ2n) is 4.28. The fourth-order valence-corrected chi connectivity index (χ4v) is 1.74. The molecule has 1 heterocycles. The summed E-state index contributed by atoms with van der Waals surface area (Å²) in [5, 5.41) is 9.01. The molecular formula is C11H20O4. The first-order valence-corrected chi connectivity index (χ1v) is 5.49. The number of Topliss-reactive ketones (excluding diaryl/α,β-unsaturated/α-hetero) is 1. The molecule has 1 atom stereocenters. The number of aliphatic hydroxyl groups excluding tert-OH is 1. The Hall–Kier alpha value is -0.450. The summed E-state index contributed by atoms with van der Waals surface area (Å²) in [5.41, 5.74) is 0. The van der Waals surface area contributed by atoms with Crippen LogP contribution in [0.2, 0.25) is 0 Å². The third-order valence-corrected chi connectivity index (χ3v) is 2.51. The Morgan fingerprint density at radius 2 is 2.07 bits per heavy atom. The first kappa shape index (κ1) is 12.6. The van der Waals surface area contributed by atoms with Gasteiger partial charge in [0.05, 0.1) is 19.3 Å². The van der Waals surface area contributed by atoms with Gasteiger partial charge in [-0.1, -0.05) is 0 Å². The van der Waals surface area contributed by atoms with Crippen LogP contribution in [0.15, 0.2) is 0 Å². The normalized spacial score (nSPS) is 21.5. The number of carbonyl (C=O) groups excluding carboxylic acids is 1. The minimum absolute atomic E-state index is 0.103. The van der Waals surface area contributed by atoms with Gasteiger partial charge < -0.3 is 14.6 Å². The predicted molar refractivity (Wildman–Crippen MR) is 55.5 cm³/mol. The van der Waals surface area contributed by atoms with Crippen LogP contribution in [-0.4, -0.2) is 36.0 Å². The van der Waals surface area contributed by atoms with Crippen LogP contribution in [-0.2, 0) is 14.3 Å². The lowest BCUT2D eigenvalue weighted by molar-refractivity contribution is -0.148. The second-order valence-corrected chi connectivity index (χ2v) is 4.28. The van der Waals surface area contributed by atoms with E-state index in [-0.39, 0.29) is 12.2 Å². The zero-order valence-corrected chi connectivity index (χ0v) is 9.49. The molecule has 4 nitrogen and oxygen atoms in total. The Kier molecular flexibility index (Phi) is 4.70. The molecule has 1 rings (SSSR count). The van der Waals surface area contributed by atoms with Gasteiger partial charge in [-0.05, 0) is 20.3 Å². The van der Waals surface area contributed by atoms with Crippen LogP contribution >= 0.6 is 0 Å². The summed E-state index contributed by atoms with van der Waals surface area (Å²) in [5.74, 6) is -0.392. The summed E-state index contributed by atoms with van der Waals surface area (Å²) in [7, 11) is 0. The molecule has 4 heteroatoms. The van der Waals surface area contributed by atoms with Crippen LogP contribution in [0.4, 0.5) is 0 Å². The van der Waals surface area contributed by atoms with Gasteiger partial charge in [0.15, 0.2) is 5.79 Å². The highest BCUT2D eigenvalue weighted by atomic mass is 16.7. The van der Waals surface area contributed by atoms with Gasteiger partial charge in [-0.15, -0.1) is 0 Å². The van der Waals surface area contributed by atoms with Crippen LogP contribution in [0.5, 0.6) is 0 Å². The Bertz CT molecular complexity index is 207. The van der Waals surface area contributed by atoms with Gasteiger partial charge in [0.1, 0.15) is 5.78 Å². The molecule has 1 aliphatic heterocycles. The molecule has 1 saturated heterocycles. The number of aliphatic hydroxyl groups is 1. The van der Waals surface area contributed by atoms with Crippen LogP contribution in [0, 0.1) is 0 Å². The third-order valence-electron chi connectivity index (χ3n) is 2.51. The van der Waals surface area contributed by atoms with Gasteiger partial charge in [-0.2, -0.15) is 0 Å². The summed E-state index contributed by atoms with van der Waals surface area (Å²) < 4.78 is 10.8. The molecule has 15 heavy (non-hydrogen) atoms. The zero-order valence-electron chi connectivity index (χ0n) is 9.49. The van der Waals surface area contributed by atoms with Crippen molar-refractivity contribution >= 4 is 5.78 Å². The van der Waals surface area contributed by atoms with E-state index in [1.165, 1.54) is 0 Å². The lowest BCUT2D eigenvalue weighted by Gasteiger charge is -2.21. The first-order valence-electron chi connectivity index (χ1n) is 5.49. The van der Waals surface area contributed by atoms with E-state index >= 15 is 0 Å². The molecule has 0 unspecified atom stereocenters. The highest BCUT2D eigenvalue weighted by Gasteiger charge is 2.30. The average Bonchev–Trinajstić information content (AvgIpc) is 2.51. The smallest absolute Gasteiger partial charge is 0.165 e. The Labute approximate surface area is 90.6 Å². The molecule has 0 amide bonds. The average molecular weight is 216 g/mol. The topological polar surface area (TPSA) is 55.8 Å². The Morgan fingerprint density at radius 3 is 2.60 bits per heavy atom. The molecule has 0 aromatic rings. The lowest BCUT2D eigenvalue weighted by Crippen LogP contribution is -2.25. The van der Waals surface area contributed by atoms with Crippen molar-refractivity contribution < 1.29 is 19.4 Å². The molecule has 88 valence electrons. The molecule has 0 spiro atoms. The number of hydrogen-bond acceptors (Lipinski definition) is 4. The maximum absolute atomic E-state index is 11.3. The maximum atomic E-state index is 11.3. The highest BCUT2D eigenvalue weighted by molar-refractivity contribution is 5.78. The maximum Gasteiger partial charge on any atom is 0.165 e. The van der Waals surface area contributed by atoms with E-state index in [1.54, 1.807) is 6.92 Å². The minimum Gasteiger partial charge on any atom is -0.393 e. The van der Waals surface area contributed by atoms with Gasteiger partial charge in [0.2, 0.25) is 0 Å². The summed E-state index contributed by atoms with van der Waals surface area (Å²) in [6, 6.07) is 0. The monoisotopic (exact) mass is 216 g/mol. The molecule has 0 aliphatic carbocycles. The molecule has 1 fully saturated rings. The van der Waals surface area contributed by atoms with Gasteiger partial charge in [-0.25, -0.2) is 0 Å². The Balaban J connectivity index is 2.12. The predicted octanol–water partition coefficient (Wildman–Crippen LogP) is 1.26. The van der Waals surface area contributed by atoms with Crippen LogP contribution in [0.25, 0.3) is 0 Å². The van der Waals surface area contributed by atoms with E-state index in [0.29, 0.717) is 19.6 Å². The van der Waals surface area contributed by atoms with Crippen molar-refractivity contribution in [2.24, 2.45) is 0 Å². The van der Waals surface area contributed by atoms with Crippen LogP contribution in [0.3, 0.4) is 0 Å². The van der Waals surface area contributed by atoms with E-state index in [1.807, 2.05) is 6.92 Å². The van der Waals surface area contributed by atoms with Gasteiger partial charge in [0.25, 0.3) is 0 Å². The number of carbonyl (C=O) groups is 1. The van der Waals surface area contributed by atoms with Crippen molar-refractivity contribution in [2.75, 3.05) is 13.2 Å². The lowest BCUT2D eigenvalue weighted by atomic mass is 10.1. The van der Waals surface area contributed by atoms with Crippen molar-refractivity contribution in [1.82, 2.24) is 0 Å². The van der Waals surface area contributed by atoms with E-state index in [2.05, 4.69) is 0 Å². The van der Waals surface area contributed by atoms with Gasteiger partial charge in [-0.3, -0.25) is 4.79 Å². The van der Waals surface area contributed by atoms with Crippen molar-refractivity contribution in [2.45, 2.75) is 51.4 Å². The molecule has 0 aromatic carbocycles. The number of ketones is 1. The van der Waals surface area contributed by atoms with Gasteiger partial charge in [0, 0.05) is 19.3 Å². The fraction of sp³-hybridized carbons (Fsp3) is 0.909.